The largest absolute Gasteiger partial charge is 0.376 e. The number of hydrogen-bond acceptors (Lipinski definition) is 4. The van der Waals surface area contributed by atoms with Crippen LogP contribution in [0, 0.1) is 11.8 Å². The highest BCUT2D eigenvalue weighted by Crippen LogP contribution is 2.14. The van der Waals surface area contributed by atoms with E-state index in [0.29, 0.717) is 18.8 Å². The van der Waals surface area contributed by atoms with Crippen molar-refractivity contribution in [3.8, 4) is 11.8 Å². The van der Waals surface area contributed by atoms with Gasteiger partial charge in [-0.05, 0) is 25.0 Å². The predicted molar refractivity (Wildman–Crippen MR) is 90.2 cm³/mol. The fourth-order valence-electron chi connectivity index (χ4n) is 2.58. The molecule has 5 heteroatoms. The van der Waals surface area contributed by atoms with E-state index >= 15 is 0 Å². The molecule has 1 amide bonds. The maximum absolute atomic E-state index is 12.7. The molecule has 1 aliphatic heterocycles. The van der Waals surface area contributed by atoms with Crippen LogP contribution in [0.1, 0.15) is 28.9 Å². The quantitative estimate of drug-likeness (QED) is 0.810. The van der Waals surface area contributed by atoms with Gasteiger partial charge in [0.25, 0.3) is 5.91 Å². The van der Waals surface area contributed by atoms with Gasteiger partial charge in [-0.2, -0.15) is 0 Å². The number of nitrogens with zero attached hydrogens (tertiary/aromatic N) is 3. The lowest BCUT2D eigenvalue weighted by atomic mass is 10.2. The molecule has 1 saturated heterocycles. The van der Waals surface area contributed by atoms with E-state index in [0.717, 1.165) is 25.0 Å². The van der Waals surface area contributed by atoms with E-state index < -0.39 is 0 Å². The van der Waals surface area contributed by atoms with Gasteiger partial charge in [-0.1, -0.05) is 30.0 Å². The zero-order valence-electron chi connectivity index (χ0n) is 13.4. The van der Waals surface area contributed by atoms with Gasteiger partial charge < -0.3 is 9.64 Å². The summed E-state index contributed by atoms with van der Waals surface area (Å²) < 4.78 is 5.66. The summed E-state index contributed by atoms with van der Waals surface area (Å²) in [5, 5.41) is 0. The first-order valence-corrected chi connectivity index (χ1v) is 8.04. The van der Waals surface area contributed by atoms with E-state index in [4.69, 9.17) is 4.74 Å². The third-order valence-electron chi connectivity index (χ3n) is 3.79. The summed E-state index contributed by atoms with van der Waals surface area (Å²) in [6.07, 6.45) is 6.63. The van der Waals surface area contributed by atoms with E-state index in [9.17, 15) is 4.79 Å². The van der Waals surface area contributed by atoms with Gasteiger partial charge in [0, 0.05) is 31.1 Å². The Morgan fingerprint density at radius 3 is 2.88 bits per heavy atom. The van der Waals surface area contributed by atoms with Crippen molar-refractivity contribution in [3.63, 3.8) is 0 Å². The number of rotatable bonds is 4. The van der Waals surface area contributed by atoms with E-state index in [1.807, 2.05) is 30.3 Å². The van der Waals surface area contributed by atoms with Crippen molar-refractivity contribution in [2.45, 2.75) is 18.9 Å². The van der Waals surface area contributed by atoms with Crippen LogP contribution < -0.4 is 0 Å². The van der Waals surface area contributed by atoms with Crippen molar-refractivity contribution in [3.05, 3.63) is 60.2 Å². The first-order chi connectivity index (χ1) is 11.8. The molecule has 0 saturated carbocycles. The molecule has 0 radical (unpaired) electrons. The SMILES string of the molecule is O=C(c1cnccn1)N(CC#Cc1ccccc1)C[C@@H]1CCCO1. The zero-order chi connectivity index (χ0) is 16.6. The number of carbonyl (C=O) groups is 1. The van der Waals surface area contributed by atoms with Crippen LogP contribution in [-0.2, 0) is 4.74 Å². The van der Waals surface area contributed by atoms with Gasteiger partial charge in [-0.25, -0.2) is 4.98 Å². The van der Waals surface area contributed by atoms with Crippen LogP contribution in [0.3, 0.4) is 0 Å². The molecule has 0 aliphatic carbocycles. The van der Waals surface area contributed by atoms with E-state index in [1.165, 1.54) is 12.4 Å². The summed E-state index contributed by atoms with van der Waals surface area (Å²) in [5.74, 6) is 6.00. The van der Waals surface area contributed by atoms with E-state index in [2.05, 4.69) is 21.8 Å². The summed E-state index contributed by atoms with van der Waals surface area (Å²) in [6.45, 7) is 1.62. The number of ether oxygens (including phenoxy) is 1. The molecule has 122 valence electrons. The topological polar surface area (TPSA) is 55.3 Å². The summed E-state index contributed by atoms with van der Waals surface area (Å²) in [4.78, 5) is 22.4. The highest BCUT2D eigenvalue weighted by atomic mass is 16.5. The molecule has 0 N–H and O–H groups in total. The van der Waals surface area contributed by atoms with E-state index in [1.54, 1.807) is 11.1 Å². The second-order valence-electron chi connectivity index (χ2n) is 5.58. The van der Waals surface area contributed by atoms with Gasteiger partial charge in [0.15, 0.2) is 0 Å². The Bertz CT molecular complexity index is 717. The Balaban J connectivity index is 1.72. The molecule has 24 heavy (non-hydrogen) atoms. The predicted octanol–water partition coefficient (Wildman–Crippen LogP) is 2.15. The summed E-state index contributed by atoms with van der Waals surface area (Å²) in [5.41, 5.74) is 1.26. The Kier molecular flexibility index (Phi) is 5.54. The molecule has 1 aromatic carbocycles. The van der Waals surface area contributed by atoms with Gasteiger partial charge in [-0.15, -0.1) is 0 Å². The Labute approximate surface area is 141 Å². The first kappa shape index (κ1) is 16.2. The van der Waals surface area contributed by atoms with Gasteiger partial charge in [0.05, 0.1) is 18.8 Å². The van der Waals surface area contributed by atoms with Crippen molar-refractivity contribution in [2.75, 3.05) is 19.7 Å². The van der Waals surface area contributed by atoms with Crippen LogP contribution >= 0.6 is 0 Å². The van der Waals surface area contributed by atoms with Gasteiger partial charge in [0.2, 0.25) is 0 Å². The van der Waals surface area contributed by atoms with Crippen LogP contribution in [0.25, 0.3) is 0 Å². The van der Waals surface area contributed by atoms with Gasteiger partial charge >= 0.3 is 0 Å². The number of carbonyl (C=O) groups excluding carboxylic acids is 1. The average molecular weight is 321 g/mol. The third-order valence-corrected chi connectivity index (χ3v) is 3.79. The summed E-state index contributed by atoms with van der Waals surface area (Å²) in [7, 11) is 0. The molecule has 0 bridgehead atoms. The number of benzene rings is 1. The molecule has 1 aromatic heterocycles. The van der Waals surface area contributed by atoms with Crippen molar-refractivity contribution in [2.24, 2.45) is 0 Å². The Morgan fingerprint density at radius 2 is 2.17 bits per heavy atom. The van der Waals surface area contributed by atoms with Gasteiger partial charge in [0.1, 0.15) is 5.69 Å². The third kappa shape index (κ3) is 4.40. The standard InChI is InChI=1S/C19H19N3O2/c23-19(18-14-20-10-11-21-18)22(15-17-9-5-13-24-17)12-4-8-16-6-2-1-3-7-16/h1-3,6-7,10-11,14,17H,5,9,12-13,15H2/t17-/m0/s1. The summed E-state index contributed by atoms with van der Waals surface area (Å²) in [6, 6.07) is 9.73. The molecule has 1 fully saturated rings. The minimum Gasteiger partial charge on any atom is -0.376 e. The number of amides is 1. The van der Waals surface area contributed by atoms with Gasteiger partial charge in [-0.3, -0.25) is 9.78 Å². The minimum absolute atomic E-state index is 0.0733. The summed E-state index contributed by atoms with van der Waals surface area (Å²) >= 11 is 0. The van der Waals surface area contributed by atoms with E-state index in [-0.39, 0.29) is 12.0 Å². The highest BCUT2D eigenvalue weighted by Gasteiger charge is 2.23. The fraction of sp³-hybridized carbons (Fsp3) is 0.316. The normalized spacial score (nSPS) is 16.2. The number of hydrogen-bond donors (Lipinski definition) is 0. The molecule has 0 unspecified atom stereocenters. The molecule has 1 aliphatic rings. The maximum Gasteiger partial charge on any atom is 0.274 e. The highest BCUT2D eigenvalue weighted by molar-refractivity contribution is 5.92. The van der Waals surface area contributed by atoms with Crippen molar-refractivity contribution >= 4 is 5.91 Å². The smallest absolute Gasteiger partial charge is 0.274 e. The number of aromatic nitrogens is 2. The van der Waals surface area contributed by atoms with Crippen LogP contribution in [0.15, 0.2) is 48.9 Å². The Hall–Kier alpha value is -2.71. The van der Waals surface area contributed by atoms with Crippen LogP contribution in [-0.4, -0.2) is 46.6 Å². The first-order valence-electron chi connectivity index (χ1n) is 8.04. The van der Waals surface area contributed by atoms with Crippen molar-refractivity contribution in [1.29, 1.82) is 0 Å². The van der Waals surface area contributed by atoms with Crippen molar-refractivity contribution in [1.82, 2.24) is 14.9 Å². The van der Waals surface area contributed by atoms with Crippen LogP contribution in [0.4, 0.5) is 0 Å². The molecule has 0 spiro atoms. The molecular weight excluding hydrogens is 302 g/mol. The monoisotopic (exact) mass is 321 g/mol. The molecule has 2 aromatic rings. The second-order valence-corrected chi connectivity index (χ2v) is 5.58. The van der Waals surface area contributed by atoms with Crippen molar-refractivity contribution < 1.29 is 9.53 Å². The second kappa shape index (κ2) is 8.23. The lowest BCUT2D eigenvalue weighted by Gasteiger charge is -2.22. The maximum atomic E-state index is 12.7. The minimum atomic E-state index is -0.166. The van der Waals surface area contributed by atoms with Crippen LogP contribution in [0.5, 0.6) is 0 Å². The lowest BCUT2D eigenvalue weighted by molar-refractivity contribution is 0.0553. The lowest BCUT2D eigenvalue weighted by Crippen LogP contribution is -2.38. The van der Waals surface area contributed by atoms with Crippen LogP contribution in [0.2, 0.25) is 0 Å². The zero-order valence-corrected chi connectivity index (χ0v) is 13.4. The molecule has 3 rings (SSSR count). The molecular formula is C19H19N3O2. The molecule has 2 heterocycles. The molecule has 1 atom stereocenters. The average Bonchev–Trinajstić information content (AvgIpc) is 3.15. The Morgan fingerprint density at radius 1 is 1.29 bits per heavy atom. The molecule has 5 nitrogen and oxygen atoms in total. The fourth-order valence-corrected chi connectivity index (χ4v) is 2.58.